The number of benzene rings is 1. The fourth-order valence-electron chi connectivity index (χ4n) is 2.69. The number of nitrogens with one attached hydrogen (secondary N) is 1. The van der Waals surface area contributed by atoms with E-state index in [2.05, 4.69) is 0 Å². The minimum absolute atomic E-state index is 0. The van der Waals surface area contributed by atoms with Gasteiger partial charge < -0.3 is 22.4 Å². The molecule has 2 N–H and O–H groups in total. The average molecular weight is 316 g/mol. The Morgan fingerprint density at radius 2 is 1.60 bits per heavy atom. The van der Waals surface area contributed by atoms with E-state index in [0.717, 1.165) is 0 Å². The molecule has 0 spiro atoms. The predicted molar refractivity (Wildman–Crippen MR) is 82.1 cm³/mol. The van der Waals surface area contributed by atoms with Crippen molar-refractivity contribution >= 4 is 11.8 Å². The third-order valence-corrected chi connectivity index (χ3v) is 4.94. The fourth-order valence-corrected chi connectivity index (χ4v) is 3.60. The van der Waals surface area contributed by atoms with Gasteiger partial charge in [-0.05, 0) is 68.5 Å². The topological polar surface area (TPSA) is 24.7 Å². The second-order valence-corrected chi connectivity index (χ2v) is 6.63. The van der Waals surface area contributed by atoms with Gasteiger partial charge in [-0.1, -0.05) is 0 Å². The number of phenolic OH excluding ortho intramolecular Hbond substituents is 1. The monoisotopic (exact) mass is 315 g/mol. The van der Waals surface area contributed by atoms with Crippen LogP contribution >= 0.6 is 11.8 Å². The Bertz CT molecular complexity index is 350. The zero-order chi connectivity index (χ0) is 13.3. The second kappa shape index (κ2) is 10.4. The van der Waals surface area contributed by atoms with Gasteiger partial charge >= 0.3 is 0 Å². The van der Waals surface area contributed by atoms with Crippen molar-refractivity contribution < 1.29 is 22.4 Å². The molecule has 4 heteroatoms. The highest BCUT2D eigenvalue weighted by Gasteiger charge is 2.11. The first-order valence-corrected chi connectivity index (χ1v) is 8.58. The van der Waals surface area contributed by atoms with Crippen molar-refractivity contribution in [3.05, 3.63) is 24.3 Å². The summed E-state index contributed by atoms with van der Waals surface area (Å²) in [5.74, 6) is 1.55. The molecule has 1 aliphatic rings. The first-order chi connectivity index (χ1) is 9.34. The zero-order valence-electron chi connectivity index (χ0n) is 12.1. The zero-order valence-corrected chi connectivity index (χ0v) is 13.7. The van der Waals surface area contributed by atoms with Crippen molar-refractivity contribution in [3.63, 3.8) is 0 Å². The lowest BCUT2D eigenvalue weighted by atomic mass is 10.2. The summed E-state index contributed by atoms with van der Waals surface area (Å²) in [5.41, 5.74) is 0. The molecule has 2 nitrogen and oxygen atoms in total. The molecule has 0 aromatic heterocycles. The molecule has 1 aliphatic heterocycles. The summed E-state index contributed by atoms with van der Waals surface area (Å²) in [7, 11) is 0. The van der Waals surface area contributed by atoms with Crippen molar-refractivity contribution in [2.45, 2.75) is 43.4 Å². The summed E-state index contributed by atoms with van der Waals surface area (Å²) >= 11 is 1.90. The molecular weight excluding hydrogens is 290 g/mol. The van der Waals surface area contributed by atoms with E-state index in [4.69, 9.17) is 0 Å². The van der Waals surface area contributed by atoms with E-state index in [9.17, 15) is 5.11 Å². The van der Waals surface area contributed by atoms with E-state index < -0.39 is 0 Å². The van der Waals surface area contributed by atoms with Crippen molar-refractivity contribution in [3.8, 4) is 5.75 Å². The fraction of sp³-hybridized carbons (Fsp3) is 0.625. The summed E-state index contributed by atoms with van der Waals surface area (Å²) in [6.45, 7) is 4.15. The van der Waals surface area contributed by atoms with E-state index in [0.29, 0.717) is 5.75 Å². The Morgan fingerprint density at radius 3 is 2.25 bits per heavy atom. The summed E-state index contributed by atoms with van der Waals surface area (Å²) in [5, 5.41) is 9.22. The molecule has 0 aliphatic carbocycles. The number of halogens is 1. The van der Waals surface area contributed by atoms with Gasteiger partial charge in [0, 0.05) is 4.90 Å². The summed E-state index contributed by atoms with van der Waals surface area (Å²) in [6, 6.07) is 7.54. The van der Waals surface area contributed by atoms with Crippen LogP contribution in [0.25, 0.3) is 0 Å². The Kier molecular flexibility index (Phi) is 9.16. The number of hydrogen-bond donors (Lipinski definition) is 2. The summed E-state index contributed by atoms with van der Waals surface area (Å²) in [4.78, 5) is 3.09. The lowest BCUT2D eigenvalue weighted by Gasteiger charge is -2.16. The molecule has 0 atom stereocenters. The molecule has 0 amide bonds. The maximum atomic E-state index is 9.22. The summed E-state index contributed by atoms with van der Waals surface area (Å²) in [6.07, 6.45) is 8.39. The molecule has 0 unspecified atom stereocenters. The molecule has 1 saturated heterocycles. The molecule has 20 heavy (non-hydrogen) atoms. The second-order valence-electron chi connectivity index (χ2n) is 5.46. The van der Waals surface area contributed by atoms with Gasteiger partial charge in [-0.3, -0.25) is 0 Å². The number of thioether (sulfide) groups is 1. The lowest BCUT2D eigenvalue weighted by Crippen LogP contribution is -3.11. The predicted octanol–water partition coefficient (Wildman–Crippen LogP) is -0.273. The normalized spacial score (nSPS) is 16.4. The van der Waals surface area contributed by atoms with E-state index in [1.807, 2.05) is 28.8 Å². The maximum Gasteiger partial charge on any atom is 0.115 e. The first kappa shape index (κ1) is 17.7. The van der Waals surface area contributed by atoms with Gasteiger partial charge in [0.15, 0.2) is 0 Å². The molecule has 1 fully saturated rings. The minimum Gasteiger partial charge on any atom is -1.00 e. The average Bonchev–Trinajstić information content (AvgIpc) is 2.69. The Labute approximate surface area is 133 Å². The number of aromatic hydroxyl groups is 1. The SMILES string of the molecule is Oc1ccc(SCCCC[NH+]2CCCCCC2)cc1.[Cl-]. The van der Waals surface area contributed by atoms with Crippen molar-refractivity contribution in [2.75, 3.05) is 25.4 Å². The van der Waals surface area contributed by atoms with Gasteiger partial charge in [-0.2, -0.15) is 0 Å². The van der Waals surface area contributed by atoms with E-state index in [-0.39, 0.29) is 12.4 Å². The van der Waals surface area contributed by atoms with Crippen LogP contribution in [0.15, 0.2) is 29.2 Å². The Morgan fingerprint density at radius 1 is 0.950 bits per heavy atom. The molecule has 1 aromatic carbocycles. The van der Waals surface area contributed by atoms with E-state index >= 15 is 0 Å². The highest BCUT2D eigenvalue weighted by molar-refractivity contribution is 7.99. The maximum absolute atomic E-state index is 9.22. The molecular formula is C16H26ClNOS. The highest BCUT2D eigenvalue weighted by Crippen LogP contribution is 2.21. The van der Waals surface area contributed by atoms with Crippen molar-refractivity contribution in [1.29, 1.82) is 0 Å². The van der Waals surface area contributed by atoms with Crippen molar-refractivity contribution in [1.82, 2.24) is 0 Å². The van der Waals surface area contributed by atoms with Gasteiger partial charge in [-0.25, -0.2) is 0 Å². The molecule has 0 bridgehead atoms. The van der Waals surface area contributed by atoms with Gasteiger partial charge in [0.1, 0.15) is 5.75 Å². The third kappa shape index (κ3) is 6.87. The van der Waals surface area contributed by atoms with Crippen LogP contribution in [0.3, 0.4) is 0 Å². The van der Waals surface area contributed by atoms with Crippen LogP contribution in [0.1, 0.15) is 38.5 Å². The van der Waals surface area contributed by atoms with Crippen LogP contribution in [0.2, 0.25) is 0 Å². The van der Waals surface area contributed by atoms with Crippen LogP contribution in [0.4, 0.5) is 0 Å². The number of phenols is 1. The summed E-state index contributed by atoms with van der Waals surface area (Å²) < 4.78 is 0. The Hall–Kier alpha value is -0.380. The number of rotatable bonds is 6. The molecule has 1 aromatic rings. The van der Waals surface area contributed by atoms with Gasteiger partial charge in [0.25, 0.3) is 0 Å². The molecule has 0 radical (unpaired) electrons. The largest absolute Gasteiger partial charge is 1.00 e. The van der Waals surface area contributed by atoms with Crippen LogP contribution in [-0.4, -0.2) is 30.5 Å². The van der Waals surface area contributed by atoms with Crippen LogP contribution < -0.4 is 17.3 Å². The number of unbranched alkanes of at least 4 members (excludes halogenated alkanes) is 1. The number of quaternary nitrogens is 1. The van der Waals surface area contributed by atoms with Crippen LogP contribution in [0.5, 0.6) is 5.75 Å². The molecule has 1 heterocycles. The van der Waals surface area contributed by atoms with Gasteiger partial charge in [0.2, 0.25) is 0 Å². The minimum atomic E-state index is 0. The number of likely N-dealkylation sites (tertiary alicyclic amines) is 1. The standard InChI is InChI=1S/C16H25NOS.ClH/c18-15-7-9-16(10-8-15)19-14-6-5-13-17-11-3-1-2-4-12-17;/h7-10,18H,1-6,11-14H2;1H. The van der Waals surface area contributed by atoms with Gasteiger partial charge in [0.05, 0.1) is 19.6 Å². The highest BCUT2D eigenvalue weighted by atomic mass is 35.5. The molecule has 2 rings (SSSR count). The Balaban J connectivity index is 0.00000200. The van der Waals surface area contributed by atoms with Gasteiger partial charge in [-0.15, -0.1) is 11.8 Å². The third-order valence-electron chi connectivity index (χ3n) is 3.84. The molecule has 114 valence electrons. The van der Waals surface area contributed by atoms with E-state index in [1.165, 1.54) is 68.8 Å². The van der Waals surface area contributed by atoms with Crippen molar-refractivity contribution in [2.24, 2.45) is 0 Å². The lowest BCUT2D eigenvalue weighted by molar-refractivity contribution is -0.899. The van der Waals surface area contributed by atoms with E-state index in [1.54, 1.807) is 12.1 Å². The molecule has 0 saturated carbocycles. The number of hydrogen-bond acceptors (Lipinski definition) is 2. The quantitative estimate of drug-likeness (QED) is 0.558. The van der Waals surface area contributed by atoms with Crippen LogP contribution in [0, 0.1) is 0 Å². The smallest absolute Gasteiger partial charge is 0.115 e. The first-order valence-electron chi connectivity index (χ1n) is 7.60. The van der Waals surface area contributed by atoms with Crippen LogP contribution in [-0.2, 0) is 0 Å².